The van der Waals surface area contributed by atoms with E-state index in [1.54, 1.807) is 7.05 Å². The molecule has 1 atom stereocenters. The minimum Gasteiger partial charge on any atom is -0.465 e. The van der Waals surface area contributed by atoms with Crippen LogP contribution in [0.15, 0.2) is 0 Å². The minimum atomic E-state index is -0.598. The molecule has 0 heterocycles. The molecule has 126 valence electrons. The van der Waals surface area contributed by atoms with E-state index in [1.165, 1.54) is 0 Å². The molecule has 0 aromatic heterocycles. The van der Waals surface area contributed by atoms with E-state index in [4.69, 9.17) is 14.2 Å². The second kappa shape index (κ2) is 13.0. The zero-order valence-corrected chi connectivity index (χ0v) is 14.2. The van der Waals surface area contributed by atoms with Crippen LogP contribution in [-0.4, -0.2) is 51.6 Å². The van der Waals surface area contributed by atoms with Crippen molar-refractivity contribution in [1.29, 1.82) is 0 Å². The third kappa shape index (κ3) is 9.82. The van der Waals surface area contributed by atoms with Gasteiger partial charge in [0.25, 0.3) is 0 Å². The van der Waals surface area contributed by atoms with Gasteiger partial charge in [0.05, 0.1) is 19.8 Å². The maximum absolute atomic E-state index is 11.9. The highest BCUT2D eigenvalue weighted by Crippen LogP contribution is 2.15. The number of ether oxygens (including phenoxy) is 3. The summed E-state index contributed by atoms with van der Waals surface area (Å²) in [4.78, 5) is 11.9. The first-order chi connectivity index (χ1) is 10.1. The van der Waals surface area contributed by atoms with Crippen LogP contribution in [-0.2, 0) is 19.0 Å². The molecule has 0 amide bonds. The monoisotopic (exact) mass is 303 g/mol. The average Bonchev–Trinajstić information content (AvgIpc) is 2.49. The van der Waals surface area contributed by atoms with Crippen molar-refractivity contribution >= 4 is 5.97 Å². The van der Waals surface area contributed by atoms with Gasteiger partial charge in [-0.2, -0.15) is 0 Å². The van der Waals surface area contributed by atoms with Gasteiger partial charge in [-0.3, -0.25) is 4.79 Å². The topological polar surface area (TPSA) is 56.8 Å². The first-order valence-electron chi connectivity index (χ1n) is 8.12. The molecule has 5 heteroatoms. The standard InChI is InChI=1S/C16H33NO4/c1-5-7-11-19-13-14-20-12-9-8-10-16(3,17-4)15(18)21-6-2/h17H,5-14H2,1-4H3. The molecule has 5 nitrogen and oxygen atoms in total. The highest BCUT2D eigenvalue weighted by Gasteiger charge is 2.32. The third-order valence-electron chi connectivity index (χ3n) is 3.51. The lowest BCUT2D eigenvalue weighted by Crippen LogP contribution is -2.48. The quantitative estimate of drug-likeness (QED) is 0.395. The summed E-state index contributed by atoms with van der Waals surface area (Å²) in [6, 6.07) is 0. The minimum absolute atomic E-state index is 0.183. The molecule has 0 saturated heterocycles. The molecule has 0 saturated carbocycles. The van der Waals surface area contributed by atoms with Gasteiger partial charge >= 0.3 is 5.97 Å². The van der Waals surface area contributed by atoms with Gasteiger partial charge in [0.2, 0.25) is 0 Å². The van der Waals surface area contributed by atoms with Crippen molar-refractivity contribution in [2.75, 3.05) is 40.1 Å². The van der Waals surface area contributed by atoms with Crippen molar-refractivity contribution in [2.45, 2.75) is 58.4 Å². The number of carbonyl (C=O) groups is 1. The average molecular weight is 303 g/mol. The Kier molecular flexibility index (Phi) is 12.6. The van der Waals surface area contributed by atoms with Crippen LogP contribution in [0.5, 0.6) is 0 Å². The lowest BCUT2D eigenvalue weighted by molar-refractivity contribution is -0.150. The van der Waals surface area contributed by atoms with Gasteiger partial charge in [0.15, 0.2) is 0 Å². The van der Waals surface area contributed by atoms with E-state index in [0.29, 0.717) is 26.4 Å². The highest BCUT2D eigenvalue weighted by atomic mass is 16.5. The zero-order valence-electron chi connectivity index (χ0n) is 14.2. The van der Waals surface area contributed by atoms with E-state index in [9.17, 15) is 4.79 Å². The molecule has 1 unspecified atom stereocenters. The summed E-state index contributed by atoms with van der Waals surface area (Å²) < 4.78 is 16.0. The molecule has 1 N–H and O–H groups in total. The van der Waals surface area contributed by atoms with E-state index in [0.717, 1.165) is 38.7 Å². The number of hydrogen-bond acceptors (Lipinski definition) is 5. The maximum atomic E-state index is 11.9. The first kappa shape index (κ1) is 20.3. The van der Waals surface area contributed by atoms with E-state index in [1.807, 2.05) is 13.8 Å². The molecular weight excluding hydrogens is 270 g/mol. The van der Waals surface area contributed by atoms with Gasteiger partial charge in [0.1, 0.15) is 5.54 Å². The van der Waals surface area contributed by atoms with Crippen molar-refractivity contribution < 1.29 is 19.0 Å². The molecule has 21 heavy (non-hydrogen) atoms. The fourth-order valence-electron chi connectivity index (χ4n) is 1.87. The largest absolute Gasteiger partial charge is 0.465 e. The molecule has 0 aromatic rings. The molecule has 0 aliphatic heterocycles. The predicted molar refractivity (Wildman–Crippen MR) is 84.5 cm³/mol. The molecule has 0 spiro atoms. The van der Waals surface area contributed by atoms with Crippen molar-refractivity contribution in [3.8, 4) is 0 Å². The van der Waals surface area contributed by atoms with E-state index < -0.39 is 5.54 Å². The second-order valence-corrected chi connectivity index (χ2v) is 5.34. The molecule has 0 aromatic carbocycles. The predicted octanol–water partition coefficient (Wildman–Crippen LogP) is 2.53. The summed E-state index contributed by atoms with van der Waals surface area (Å²) in [5, 5.41) is 3.06. The summed E-state index contributed by atoms with van der Waals surface area (Å²) in [6.07, 6.45) is 4.87. The number of esters is 1. The third-order valence-corrected chi connectivity index (χ3v) is 3.51. The Morgan fingerprint density at radius 1 is 1.00 bits per heavy atom. The van der Waals surface area contributed by atoms with E-state index in [2.05, 4.69) is 12.2 Å². The van der Waals surface area contributed by atoms with Gasteiger partial charge in [-0.1, -0.05) is 13.3 Å². The van der Waals surface area contributed by atoms with E-state index >= 15 is 0 Å². The van der Waals surface area contributed by atoms with Gasteiger partial charge < -0.3 is 19.5 Å². The summed E-state index contributed by atoms with van der Waals surface area (Å²) in [5.41, 5.74) is -0.598. The normalized spacial score (nSPS) is 13.9. The smallest absolute Gasteiger partial charge is 0.326 e. The van der Waals surface area contributed by atoms with Crippen LogP contribution in [0.1, 0.15) is 52.9 Å². The highest BCUT2D eigenvalue weighted by molar-refractivity contribution is 5.80. The number of hydrogen-bond donors (Lipinski definition) is 1. The fourth-order valence-corrected chi connectivity index (χ4v) is 1.87. The van der Waals surface area contributed by atoms with Crippen LogP contribution in [0.25, 0.3) is 0 Å². The number of likely N-dealkylation sites (N-methyl/N-ethyl adjacent to an activating group) is 1. The van der Waals surface area contributed by atoms with Gasteiger partial charge in [-0.15, -0.1) is 0 Å². The summed E-state index contributed by atoms with van der Waals surface area (Å²) in [6.45, 7) is 9.10. The van der Waals surface area contributed by atoms with Gasteiger partial charge in [-0.25, -0.2) is 0 Å². The van der Waals surface area contributed by atoms with Crippen LogP contribution in [0.3, 0.4) is 0 Å². The van der Waals surface area contributed by atoms with Crippen LogP contribution in [0, 0.1) is 0 Å². The van der Waals surface area contributed by atoms with Crippen molar-refractivity contribution in [3.63, 3.8) is 0 Å². The number of unbranched alkanes of at least 4 members (excludes halogenated alkanes) is 2. The van der Waals surface area contributed by atoms with Crippen LogP contribution >= 0.6 is 0 Å². The summed E-state index contributed by atoms with van der Waals surface area (Å²) >= 11 is 0. The Labute approximate surface area is 129 Å². The summed E-state index contributed by atoms with van der Waals surface area (Å²) in [5.74, 6) is -0.183. The molecule has 0 bridgehead atoms. The SMILES string of the molecule is CCCCOCCOCCCCC(C)(NC)C(=O)OCC. The Bertz CT molecular complexity index is 261. The van der Waals surface area contributed by atoms with Gasteiger partial charge in [-0.05, 0) is 46.6 Å². The summed E-state index contributed by atoms with van der Waals surface area (Å²) in [7, 11) is 1.79. The Morgan fingerprint density at radius 3 is 2.14 bits per heavy atom. The van der Waals surface area contributed by atoms with Crippen molar-refractivity contribution in [3.05, 3.63) is 0 Å². The van der Waals surface area contributed by atoms with Crippen LogP contribution in [0.4, 0.5) is 0 Å². The molecule has 0 aliphatic carbocycles. The first-order valence-corrected chi connectivity index (χ1v) is 8.12. The Hall–Kier alpha value is -0.650. The Morgan fingerprint density at radius 2 is 1.62 bits per heavy atom. The van der Waals surface area contributed by atoms with Crippen molar-refractivity contribution in [2.24, 2.45) is 0 Å². The number of rotatable bonds is 14. The Balaban J connectivity index is 3.57. The molecule has 0 fully saturated rings. The van der Waals surface area contributed by atoms with Gasteiger partial charge in [0, 0.05) is 13.2 Å². The van der Waals surface area contributed by atoms with E-state index in [-0.39, 0.29) is 5.97 Å². The zero-order chi connectivity index (χ0) is 16.0. The molecule has 0 aliphatic rings. The molecular formula is C16H33NO4. The number of nitrogens with one attached hydrogen (secondary N) is 1. The lowest BCUT2D eigenvalue weighted by atomic mass is 9.95. The van der Waals surface area contributed by atoms with Crippen LogP contribution in [0.2, 0.25) is 0 Å². The number of carbonyl (C=O) groups excluding carboxylic acids is 1. The molecule has 0 radical (unpaired) electrons. The molecule has 0 rings (SSSR count). The maximum Gasteiger partial charge on any atom is 0.326 e. The van der Waals surface area contributed by atoms with Crippen LogP contribution < -0.4 is 5.32 Å². The fraction of sp³-hybridized carbons (Fsp3) is 0.938. The second-order valence-electron chi connectivity index (χ2n) is 5.34. The van der Waals surface area contributed by atoms with Crippen molar-refractivity contribution in [1.82, 2.24) is 5.32 Å². The lowest BCUT2D eigenvalue weighted by Gasteiger charge is -2.26.